The molecule has 1 aromatic carbocycles. The van der Waals surface area contributed by atoms with Crippen molar-refractivity contribution in [2.75, 3.05) is 38.6 Å². The number of benzene rings is 1. The number of hydrogen-bond donors (Lipinski definition) is 2. The van der Waals surface area contributed by atoms with Gasteiger partial charge in [-0.15, -0.1) is 24.0 Å². The van der Waals surface area contributed by atoms with Crippen LogP contribution in [-0.4, -0.2) is 55.6 Å². The zero-order valence-electron chi connectivity index (χ0n) is 17.9. The Balaban J connectivity index is 0.00000320. The summed E-state index contributed by atoms with van der Waals surface area (Å²) in [5.41, 5.74) is 2.52. The number of aliphatic imine (C=N–C) groups is 1. The molecular formula is C22H32ClIN6. The number of pyridine rings is 1. The Morgan fingerprint density at radius 2 is 1.97 bits per heavy atom. The highest BCUT2D eigenvalue weighted by Crippen LogP contribution is 2.25. The summed E-state index contributed by atoms with van der Waals surface area (Å²) in [7, 11) is 4.16. The highest BCUT2D eigenvalue weighted by Gasteiger charge is 2.25. The second-order valence-electron chi connectivity index (χ2n) is 7.63. The molecule has 0 bridgehead atoms. The van der Waals surface area contributed by atoms with Gasteiger partial charge in [-0.3, -0.25) is 0 Å². The summed E-state index contributed by atoms with van der Waals surface area (Å²) < 4.78 is 0. The summed E-state index contributed by atoms with van der Waals surface area (Å²) in [6.45, 7) is 6.31. The molecule has 8 heteroatoms. The number of aromatic nitrogens is 1. The molecule has 6 nitrogen and oxygen atoms in total. The van der Waals surface area contributed by atoms with E-state index in [1.54, 1.807) is 6.20 Å². The van der Waals surface area contributed by atoms with Gasteiger partial charge >= 0.3 is 0 Å². The van der Waals surface area contributed by atoms with Crippen molar-refractivity contribution in [3.05, 3.63) is 58.7 Å². The number of hydrogen-bond acceptors (Lipinski definition) is 4. The quantitative estimate of drug-likeness (QED) is 0.317. The Morgan fingerprint density at radius 3 is 2.63 bits per heavy atom. The summed E-state index contributed by atoms with van der Waals surface area (Å²) in [6, 6.07) is 12.7. The lowest BCUT2D eigenvalue weighted by Gasteiger charge is -2.20. The van der Waals surface area contributed by atoms with Crippen LogP contribution in [0.15, 0.2) is 47.6 Å². The topological polar surface area (TPSA) is 55.8 Å². The molecule has 1 saturated heterocycles. The molecule has 1 aliphatic heterocycles. The van der Waals surface area contributed by atoms with Crippen molar-refractivity contribution < 1.29 is 0 Å². The van der Waals surface area contributed by atoms with E-state index >= 15 is 0 Å². The molecule has 0 saturated carbocycles. The number of nitrogens with one attached hydrogen (secondary N) is 2. The van der Waals surface area contributed by atoms with E-state index in [-0.39, 0.29) is 24.0 Å². The van der Waals surface area contributed by atoms with Crippen molar-refractivity contribution in [1.82, 2.24) is 20.5 Å². The molecule has 1 unspecified atom stereocenters. The van der Waals surface area contributed by atoms with Gasteiger partial charge < -0.3 is 20.4 Å². The van der Waals surface area contributed by atoms with Gasteiger partial charge in [-0.25, -0.2) is 9.98 Å². The van der Waals surface area contributed by atoms with E-state index in [1.807, 2.05) is 12.1 Å². The summed E-state index contributed by atoms with van der Waals surface area (Å²) in [6.07, 6.45) is 2.81. The van der Waals surface area contributed by atoms with Crippen LogP contribution in [0.25, 0.3) is 0 Å². The van der Waals surface area contributed by atoms with Gasteiger partial charge in [0.1, 0.15) is 5.82 Å². The first kappa shape index (κ1) is 24.7. The molecule has 30 heavy (non-hydrogen) atoms. The van der Waals surface area contributed by atoms with Gasteiger partial charge in [-0.05, 0) is 50.7 Å². The average molecular weight is 543 g/mol. The van der Waals surface area contributed by atoms with Crippen molar-refractivity contribution >= 4 is 47.4 Å². The summed E-state index contributed by atoms with van der Waals surface area (Å²) in [5.74, 6) is 1.71. The van der Waals surface area contributed by atoms with Gasteiger partial charge in [0, 0.05) is 38.4 Å². The predicted molar refractivity (Wildman–Crippen MR) is 137 cm³/mol. The monoisotopic (exact) mass is 542 g/mol. The molecule has 2 aromatic rings. The fraction of sp³-hybridized carbons (Fsp3) is 0.455. The predicted octanol–water partition coefficient (Wildman–Crippen LogP) is 3.75. The second-order valence-corrected chi connectivity index (χ2v) is 8.04. The molecule has 1 aromatic heterocycles. The fourth-order valence-corrected chi connectivity index (χ4v) is 3.72. The first-order valence-electron chi connectivity index (χ1n) is 10.2. The van der Waals surface area contributed by atoms with Gasteiger partial charge in [0.15, 0.2) is 5.96 Å². The standard InChI is InChI=1S/C22H31ClN6.HI/c1-4-24-22(26-14-17-7-9-18(10-8-17)15-28(2)3)27-19-11-13-29(16-19)21-20(23)6-5-12-25-21;/h5-10,12,19H,4,11,13-16H2,1-3H3,(H2,24,26,27);1H. The van der Waals surface area contributed by atoms with Crippen LogP contribution in [0.5, 0.6) is 0 Å². The number of rotatable bonds is 7. The molecular weight excluding hydrogens is 511 g/mol. The minimum absolute atomic E-state index is 0. The van der Waals surface area contributed by atoms with Gasteiger partial charge in [0.2, 0.25) is 0 Å². The lowest BCUT2D eigenvalue weighted by molar-refractivity contribution is 0.402. The second kappa shape index (κ2) is 12.3. The van der Waals surface area contributed by atoms with Crippen molar-refractivity contribution in [2.24, 2.45) is 4.99 Å². The Bertz CT molecular complexity index is 812. The third-order valence-corrected chi connectivity index (χ3v) is 5.15. The normalized spacial score (nSPS) is 16.5. The molecule has 164 valence electrons. The van der Waals surface area contributed by atoms with Crippen LogP contribution in [0.4, 0.5) is 5.82 Å². The highest BCUT2D eigenvalue weighted by molar-refractivity contribution is 14.0. The van der Waals surface area contributed by atoms with Crippen molar-refractivity contribution in [2.45, 2.75) is 32.5 Å². The minimum atomic E-state index is 0. The zero-order valence-corrected chi connectivity index (χ0v) is 21.0. The molecule has 0 spiro atoms. The summed E-state index contributed by atoms with van der Waals surface area (Å²) >= 11 is 6.30. The van der Waals surface area contributed by atoms with Gasteiger partial charge in [0.05, 0.1) is 11.6 Å². The molecule has 0 amide bonds. The Labute approximate surface area is 202 Å². The Kier molecular flexibility index (Phi) is 10.1. The van der Waals surface area contributed by atoms with Crippen molar-refractivity contribution in [1.29, 1.82) is 0 Å². The third kappa shape index (κ3) is 7.28. The van der Waals surface area contributed by atoms with Crippen LogP contribution >= 0.6 is 35.6 Å². The maximum absolute atomic E-state index is 6.30. The maximum Gasteiger partial charge on any atom is 0.191 e. The minimum Gasteiger partial charge on any atom is -0.357 e. The number of anilines is 1. The van der Waals surface area contributed by atoms with E-state index in [4.69, 9.17) is 16.6 Å². The van der Waals surface area contributed by atoms with Crippen LogP contribution in [-0.2, 0) is 13.1 Å². The van der Waals surface area contributed by atoms with E-state index in [9.17, 15) is 0 Å². The van der Waals surface area contributed by atoms with Gasteiger partial charge in [-0.2, -0.15) is 0 Å². The van der Waals surface area contributed by atoms with E-state index in [1.165, 1.54) is 11.1 Å². The molecule has 0 radical (unpaired) electrons. The van der Waals surface area contributed by atoms with Crippen molar-refractivity contribution in [3.63, 3.8) is 0 Å². The lowest BCUT2D eigenvalue weighted by atomic mass is 10.1. The van der Waals surface area contributed by atoms with Crippen LogP contribution < -0.4 is 15.5 Å². The maximum atomic E-state index is 6.30. The molecule has 0 aliphatic carbocycles. The number of halogens is 2. The number of nitrogens with zero attached hydrogens (tertiary/aromatic N) is 4. The number of guanidine groups is 1. The Morgan fingerprint density at radius 1 is 1.23 bits per heavy atom. The third-order valence-electron chi connectivity index (χ3n) is 4.85. The smallest absolute Gasteiger partial charge is 0.191 e. The van der Waals surface area contributed by atoms with Crippen LogP contribution in [0.2, 0.25) is 5.02 Å². The average Bonchev–Trinajstić information content (AvgIpc) is 3.15. The first-order valence-corrected chi connectivity index (χ1v) is 10.6. The molecule has 2 N–H and O–H groups in total. The van der Waals surface area contributed by atoms with Crippen LogP contribution in [0.3, 0.4) is 0 Å². The fourth-order valence-electron chi connectivity index (χ4n) is 3.48. The van der Waals surface area contributed by atoms with E-state index in [2.05, 4.69) is 70.7 Å². The van der Waals surface area contributed by atoms with E-state index in [0.29, 0.717) is 17.6 Å². The summed E-state index contributed by atoms with van der Waals surface area (Å²) in [5, 5.41) is 7.62. The SMILES string of the molecule is CCNC(=NCc1ccc(CN(C)C)cc1)NC1CCN(c2ncccc2Cl)C1.I. The van der Waals surface area contributed by atoms with Gasteiger partial charge in [0.25, 0.3) is 0 Å². The van der Waals surface area contributed by atoms with E-state index < -0.39 is 0 Å². The van der Waals surface area contributed by atoms with Crippen molar-refractivity contribution in [3.8, 4) is 0 Å². The molecule has 1 atom stereocenters. The lowest BCUT2D eigenvalue weighted by Crippen LogP contribution is -2.44. The molecule has 1 aliphatic rings. The molecule has 3 rings (SSSR count). The zero-order chi connectivity index (χ0) is 20.6. The van der Waals surface area contributed by atoms with Gasteiger partial charge in [-0.1, -0.05) is 35.9 Å². The Hall–Kier alpha value is -1.58. The highest BCUT2D eigenvalue weighted by atomic mass is 127. The molecule has 2 heterocycles. The first-order chi connectivity index (χ1) is 14.0. The largest absolute Gasteiger partial charge is 0.357 e. The van der Waals surface area contributed by atoms with Crippen LogP contribution in [0.1, 0.15) is 24.5 Å². The van der Waals surface area contributed by atoms with E-state index in [0.717, 1.165) is 44.4 Å². The van der Waals surface area contributed by atoms with Crippen LogP contribution in [0, 0.1) is 0 Å². The summed E-state index contributed by atoms with van der Waals surface area (Å²) in [4.78, 5) is 13.6. The molecule has 1 fully saturated rings.